The molecule has 23 heavy (non-hydrogen) atoms. The molecule has 118 valence electrons. The number of hydrogen-bond acceptors (Lipinski definition) is 3. The smallest absolute Gasteiger partial charge is 0.124 e. The molecule has 2 bridgehead atoms. The lowest BCUT2D eigenvalue weighted by Gasteiger charge is -2.49. The summed E-state index contributed by atoms with van der Waals surface area (Å²) in [6.45, 7) is 4.38. The maximum absolute atomic E-state index is 11.4. The van der Waals surface area contributed by atoms with Crippen LogP contribution in [-0.4, -0.2) is 30.3 Å². The van der Waals surface area contributed by atoms with Crippen molar-refractivity contribution in [2.75, 3.05) is 18.4 Å². The van der Waals surface area contributed by atoms with Gasteiger partial charge in [-0.1, -0.05) is 29.8 Å². The molecule has 1 N–H and O–H groups in total. The minimum atomic E-state index is 0.102. The number of rotatable bonds is 2. The molecule has 5 rings (SSSR count). The maximum Gasteiger partial charge on any atom is 0.124 e. The molecule has 0 radical (unpaired) electrons. The average molecular weight is 306 g/mol. The molecule has 4 aliphatic rings. The van der Waals surface area contributed by atoms with Crippen molar-refractivity contribution in [3.63, 3.8) is 0 Å². The van der Waals surface area contributed by atoms with Crippen LogP contribution in [0.15, 0.2) is 47.2 Å². The number of carbonyl (C=O) groups excluding carboxylic acids is 1. The molecule has 0 amide bonds. The number of para-hydroxylation sites is 1. The van der Waals surface area contributed by atoms with Crippen LogP contribution >= 0.6 is 0 Å². The second kappa shape index (κ2) is 4.57. The van der Waals surface area contributed by atoms with Gasteiger partial charge in [0.1, 0.15) is 6.29 Å². The number of nitrogens with zero attached hydrogens (tertiary/aromatic N) is 1. The molecule has 2 unspecified atom stereocenters. The summed E-state index contributed by atoms with van der Waals surface area (Å²) in [7, 11) is 0. The Balaban J connectivity index is 1.80. The van der Waals surface area contributed by atoms with Crippen LogP contribution in [0.1, 0.15) is 31.7 Å². The molecular formula is C20H22N2O. The van der Waals surface area contributed by atoms with Gasteiger partial charge in [0.2, 0.25) is 0 Å². The van der Waals surface area contributed by atoms with E-state index in [9.17, 15) is 4.79 Å². The Kier molecular flexibility index (Phi) is 2.70. The number of piperidine rings is 1. The molecule has 1 aromatic carbocycles. The van der Waals surface area contributed by atoms with Crippen LogP contribution in [0.3, 0.4) is 0 Å². The van der Waals surface area contributed by atoms with Crippen LogP contribution in [0, 0.1) is 5.92 Å². The molecule has 1 spiro atoms. The fourth-order valence-corrected chi connectivity index (χ4v) is 5.71. The van der Waals surface area contributed by atoms with E-state index < -0.39 is 0 Å². The number of fused-ring (bicyclic) bond motifs is 2. The van der Waals surface area contributed by atoms with Gasteiger partial charge in [0.05, 0.1) is 5.41 Å². The van der Waals surface area contributed by atoms with Gasteiger partial charge in [0.25, 0.3) is 0 Å². The van der Waals surface area contributed by atoms with Gasteiger partial charge in [0, 0.05) is 42.9 Å². The molecule has 3 heteroatoms. The Morgan fingerprint density at radius 1 is 1.39 bits per heavy atom. The minimum Gasteiger partial charge on any atom is -0.358 e. The van der Waals surface area contributed by atoms with Gasteiger partial charge in [-0.05, 0) is 37.0 Å². The number of anilines is 1. The van der Waals surface area contributed by atoms with Crippen LogP contribution in [0.4, 0.5) is 5.69 Å². The summed E-state index contributed by atoms with van der Waals surface area (Å²) in [4.78, 5) is 14.1. The molecule has 0 aromatic heterocycles. The second-order valence-electron chi connectivity index (χ2n) is 7.30. The molecule has 0 saturated carbocycles. The van der Waals surface area contributed by atoms with Crippen molar-refractivity contribution in [1.82, 2.24) is 4.90 Å². The summed E-state index contributed by atoms with van der Waals surface area (Å²) >= 11 is 0. The van der Waals surface area contributed by atoms with Gasteiger partial charge in [-0.25, -0.2) is 0 Å². The van der Waals surface area contributed by atoms with Crippen molar-refractivity contribution in [3.05, 3.63) is 52.7 Å². The Bertz CT molecular complexity index is 763. The number of nitrogens with one attached hydrogen (secondary N) is 1. The predicted molar refractivity (Wildman–Crippen MR) is 91.3 cm³/mol. The van der Waals surface area contributed by atoms with E-state index in [0.29, 0.717) is 18.4 Å². The van der Waals surface area contributed by atoms with Crippen molar-refractivity contribution in [3.8, 4) is 0 Å². The summed E-state index contributed by atoms with van der Waals surface area (Å²) in [5, 5.41) is 3.73. The number of benzene rings is 1. The van der Waals surface area contributed by atoms with Gasteiger partial charge in [-0.15, -0.1) is 0 Å². The SMILES string of the molecule is CC=C1CN2CC[C@]34C(=C(CC=O)C1CC23)Nc1ccccc14. The lowest BCUT2D eigenvalue weighted by Crippen LogP contribution is -2.52. The third-order valence-electron chi connectivity index (χ3n) is 6.62. The predicted octanol–water partition coefficient (Wildman–Crippen LogP) is 3.25. The monoisotopic (exact) mass is 306 g/mol. The van der Waals surface area contributed by atoms with E-state index in [1.807, 2.05) is 0 Å². The quantitative estimate of drug-likeness (QED) is 0.672. The van der Waals surface area contributed by atoms with Gasteiger partial charge >= 0.3 is 0 Å². The fourth-order valence-electron chi connectivity index (χ4n) is 5.71. The number of hydrogen-bond donors (Lipinski definition) is 1. The molecule has 3 heterocycles. The maximum atomic E-state index is 11.4. The lowest BCUT2D eigenvalue weighted by molar-refractivity contribution is -0.107. The third-order valence-corrected chi connectivity index (χ3v) is 6.62. The van der Waals surface area contributed by atoms with Crippen molar-refractivity contribution in [2.24, 2.45) is 5.92 Å². The third kappa shape index (κ3) is 1.51. The van der Waals surface area contributed by atoms with E-state index in [-0.39, 0.29) is 5.41 Å². The van der Waals surface area contributed by atoms with E-state index in [2.05, 4.69) is 47.5 Å². The highest BCUT2D eigenvalue weighted by atomic mass is 16.1. The average Bonchev–Trinajstić information content (AvgIpc) is 3.13. The van der Waals surface area contributed by atoms with Crippen molar-refractivity contribution < 1.29 is 4.79 Å². The summed E-state index contributed by atoms with van der Waals surface area (Å²) in [6.07, 6.45) is 6.27. The molecule has 2 saturated heterocycles. The highest BCUT2D eigenvalue weighted by Gasteiger charge is 2.60. The Labute approximate surface area is 137 Å². The van der Waals surface area contributed by atoms with Crippen molar-refractivity contribution >= 4 is 12.0 Å². The first-order valence-corrected chi connectivity index (χ1v) is 8.72. The normalized spacial score (nSPS) is 36.0. The molecule has 3 aliphatic heterocycles. The zero-order valence-corrected chi connectivity index (χ0v) is 13.5. The van der Waals surface area contributed by atoms with Crippen LogP contribution < -0.4 is 5.32 Å². The number of carbonyl (C=O) groups is 1. The van der Waals surface area contributed by atoms with Crippen LogP contribution in [0.2, 0.25) is 0 Å². The summed E-state index contributed by atoms with van der Waals surface area (Å²) in [6, 6.07) is 9.33. The molecular weight excluding hydrogens is 284 g/mol. The highest BCUT2D eigenvalue weighted by Crippen LogP contribution is 2.61. The van der Waals surface area contributed by atoms with Crippen LogP contribution in [0.5, 0.6) is 0 Å². The van der Waals surface area contributed by atoms with Gasteiger partial charge < -0.3 is 10.1 Å². The first-order chi connectivity index (χ1) is 11.3. The van der Waals surface area contributed by atoms with E-state index in [1.54, 1.807) is 0 Å². The van der Waals surface area contributed by atoms with Crippen LogP contribution in [-0.2, 0) is 10.2 Å². The molecule has 2 fully saturated rings. The first kappa shape index (κ1) is 13.6. The first-order valence-electron chi connectivity index (χ1n) is 8.72. The second-order valence-corrected chi connectivity index (χ2v) is 7.30. The molecule has 3 atom stereocenters. The fraction of sp³-hybridized carbons (Fsp3) is 0.450. The molecule has 1 aliphatic carbocycles. The van der Waals surface area contributed by atoms with Gasteiger partial charge in [-0.3, -0.25) is 4.90 Å². The van der Waals surface area contributed by atoms with E-state index in [1.165, 1.54) is 40.9 Å². The highest BCUT2D eigenvalue weighted by molar-refractivity contribution is 5.74. The van der Waals surface area contributed by atoms with E-state index in [4.69, 9.17) is 0 Å². The largest absolute Gasteiger partial charge is 0.358 e. The van der Waals surface area contributed by atoms with Crippen LogP contribution in [0.25, 0.3) is 0 Å². The minimum absolute atomic E-state index is 0.102. The van der Waals surface area contributed by atoms with Crippen molar-refractivity contribution in [1.29, 1.82) is 0 Å². The number of aldehydes is 1. The van der Waals surface area contributed by atoms with E-state index >= 15 is 0 Å². The Morgan fingerprint density at radius 3 is 3.09 bits per heavy atom. The van der Waals surface area contributed by atoms with Crippen molar-refractivity contribution in [2.45, 2.75) is 37.6 Å². The standard InChI is InChI=1S/C20H22N2O/c1-2-13-12-22-9-8-20-16-5-3-4-6-17(16)21-19(20)14(7-10-23)15(13)11-18(20)22/h2-6,10,15,18,21H,7-9,11-12H2,1H3/t15?,18?,20-/m1/s1. The van der Waals surface area contributed by atoms with Gasteiger partial charge in [0.15, 0.2) is 0 Å². The van der Waals surface area contributed by atoms with Gasteiger partial charge in [-0.2, -0.15) is 0 Å². The Hall–Kier alpha value is -1.87. The number of allylic oxidation sites excluding steroid dienone is 2. The molecule has 3 nitrogen and oxygen atoms in total. The molecule has 1 aromatic rings. The lowest BCUT2D eigenvalue weighted by atomic mass is 9.61. The summed E-state index contributed by atoms with van der Waals surface area (Å²) in [5.74, 6) is 0.453. The summed E-state index contributed by atoms with van der Waals surface area (Å²) in [5.41, 5.74) is 7.01. The topological polar surface area (TPSA) is 32.3 Å². The zero-order chi connectivity index (χ0) is 15.6. The summed E-state index contributed by atoms with van der Waals surface area (Å²) < 4.78 is 0. The van der Waals surface area contributed by atoms with E-state index in [0.717, 1.165) is 19.4 Å². The Morgan fingerprint density at radius 2 is 2.26 bits per heavy atom. The zero-order valence-electron chi connectivity index (χ0n) is 13.5.